The summed E-state index contributed by atoms with van der Waals surface area (Å²) in [7, 11) is 3.00. The SMILES string of the molecule is COc1cc(OC)c(C(CN)C(=O)O)cc1Br. The first kappa shape index (κ1) is 13.8. The molecule has 6 heteroatoms. The zero-order valence-corrected chi connectivity index (χ0v) is 11.2. The van der Waals surface area contributed by atoms with Crippen molar-refractivity contribution in [2.24, 2.45) is 5.73 Å². The predicted molar refractivity (Wildman–Crippen MR) is 66.7 cm³/mol. The van der Waals surface area contributed by atoms with E-state index < -0.39 is 11.9 Å². The van der Waals surface area contributed by atoms with E-state index in [0.717, 1.165) is 0 Å². The molecule has 0 aliphatic heterocycles. The average molecular weight is 304 g/mol. The molecule has 0 fully saturated rings. The Kier molecular flexibility index (Phi) is 4.77. The molecule has 0 aliphatic carbocycles. The second kappa shape index (κ2) is 5.88. The predicted octanol–water partition coefficient (Wildman–Crippen LogP) is 1.59. The number of methoxy groups -OCH3 is 2. The fourth-order valence-corrected chi connectivity index (χ4v) is 2.04. The van der Waals surface area contributed by atoms with Gasteiger partial charge in [0.25, 0.3) is 0 Å². The lowest BCUT2D eigenvalue weighted by atomic mass is 9.98. The summed E-state index contributed by atoms with van der Waals surface area (Å²) in [5.74, 6) is -0.760. The summed E-state index contributed by atoms with van der Waals surface area (Å²) >= 11 is 3.30. The third kappa shape index (κ3) is 2.89. The molecule has 0 spiro atoms. The van der Waals surface area contributed by atoms with Crippen molar-refractivity contribution in [2.75, 3.05) is 20.8 Å². The zero-order chi connectivity index (χ0) is 13.0. The van der Waals surface area contributed by atoms with E-state index in [1.54, 1.807) is 12.1 Å². The maximum absolute atomic E-state index is 11.1. The summed E-state index contributed by atoms with van der Waals surface area (Å²) in [6.07, 6.45) is 0. The number of halogens is 1. The smallest absolute Gasteiger partial charge is 0.312 e. The van der Waals surface area contributed by atoms with Crippen LogP contribution in [-0.2, 0) is 4.79 Å². The van der Waals surface area contributed by atoms with Crippen molar-refractivity contribution in [1.82, 2.24) is 0 Å². The third-order valence-corrected chi connectivity index (χ3v) is 3.03. The Morgan fingerprint density at radius 3 is 2.41 bits per heavy atom. The molecule has 1 rings (SSSR count). The fourth-order valence-electron chi connectivity index (χ4n) is 1.52. The maximum atomic E-state index is 11.1. The second-order valence-electron chi connectivity index (χ2n) is 3.36. The highest BCUT2D eigenvalue weighted by Gasteiger charge is 2.23. The third-order valence-electron chi connectivity index (χ3n) is 2.41. The molecule has 3 N–H and O–H groups in total. The van der Waals surface area contributed by atoms with Crippen LogP contribution in [0.2, 0.25) is 0 Å². The van der Waals surface area contributed by atoms with Crippen LogP contribution < -0.4 is 15.2 Å². The molecule has 1 aromatic carbocycles. The highest BCUT2D eigenvalue weighted by Crippen LogP contribution is 2.36. The fraction of sp³-hybridized carbons (Fsp3) is 0.364. The number of rotatable bonds is 5. The number of carbonyl (C=O) groups is 1. The lowest BCUT2D eigenvalue weighted by molar-refractivity contribution is -0.138. The molecule has 0 bridgehead atoms. The molecule has 0 aromatic heterocycles. The Morgan fingerprint density at radius 2 is 2.00 bits per heavy atom. The molecular formula is C11H14BrNO4. The Bertz CT molecular complexity index is 422. The van der Waals surface area contributed by atoms with Crippen LogP contribution in [0.3, 0.4) is 0 Å². The number of aliphatic carboxylic acids is 1. The highest BCUT2D eigenvalue weighted by atomic mass is 79.9. The molecule has 0 saturated heterocycles. The molecule has 94 valence electrons. The number of hydrogen-bond donors (Lipinski definition) is 2. The largest absolute Gasteiger partial charge is 0.496 e. The van der Waals surface area contributed by atoms with Gasteiger partial charge in [0.05, 0.1) is 24.6 Å². The molecule has 0 heterocycles. The van der Waals surface area contributed by atoms with Crippen molar-refractivity contribution in [2.45, 2.75) is 5.92 Å². The summed E-state index contributed by atoms with van der Waals surface area (Å²) in [6.45, 7) is 0.00443. The van der Waals surface area contributed by atoms with E-state index in [1.165, 1.54) is 14.2 Å². The van der Waals surface area contributed by atoms with Gasteiger partial charge in [0.1, 0.15) is 11.5 Å². The number of hydrogen-bond acceptors (Lipinski definition) is 4. The molecule has 17 heavy (non-hydrogen) atoms. The van der Waals surface area contributed by atoms with Gasteiger partial charge in [-0.1, -0.05) is 0 Å². The molecule has 1 atom stereocenters. The van der Waals surface area contributed by atoms with Crippen molar-refractivity contribution >= 4 is 21.9 Å². The summed E-state index contributed by atoms with van der Waals surface area (Å²) < 4.78 is 10.9. The van der Waals surface area contributed by atoms with E-state index in [9.17, 15) is 4.79 Å². The quantitative estimate of drug-likeness (QED) is 0.863. The van der Waals surface area contributed by atoms with E-state index in [0.29, 0.717) is 21.5 Å². The van der Waals surface area contributed by atoms with Crippen LogP contribution in [0.5, 0.6) is 11.5 Å². The van der Waals surface area contributed by atoms with Crippen molar-refractivity contribution < 1.29 is 19.4 Å². The van der Waals surface area contributed by atoms with Gasteiger partial charge in [-0.25, -0.2) is 0 Å². The van der Waals surface area contributed by atoms with Crippen LogP contribution in [-0.4, -0.2) is 31.8 Å². The molecule has 0 amide bonds. The van der Waals surface area contributed by atoms with Crippen LogP contribution in [0.1, 0.15) is 11.5 Å². The van der Waals surface area contributed by atoms with Gasteiger partial charge in [-0.05, 0) is 22.0 Å². The molecule has 1 unspecified atom stereocenters. The van der Waals surface area contributed by atoms with Crippen molar-refractivity contribution in [3.8, 4) is 11.5 Å². The molecule has 1 aromatic rings. The lowest BCUT2D eigenvalue weighted by Gasteiger charge is -2.16. The van der Waals surface area contributed by atoms with Gasteiger partial charge in [0.15, 0.2) is 0 Å². The van der Waals surface area contributed by atoms with Crippen LogP contribution in [0.25, 0.3) is 0 Å². The van der Waals surface area contributed by atoms with Gasteiger partial charge in [-0.3, -0.25) is 4.79 Å². The summed E-state index contributed by atoms with van der Waals surface area (Å²) in [5, 5.41) is 9.08. The summed E-state index contributed by atoms with van der Waals surface area (Å²) in [6, 6.07) is 3.29. The topological polar surface area (TPSA) is 81.8 Å². The average Bonchev–Trinajstić information content (AvgIpc) is 2.30. The normalized spacial score (nSPS) is 12.0. The van der Waals surface area contributed by atoms with Gasteiger partial charge >= 0.3 is 5.97 Å². The van der Waals surface area contributed by atoms with Crippen LogP contribution >= 0.6 is 15.9 Å². The minimum absolute atomic E-state index is 0.00443. The Hall–Kier alpha value is -1.27. The zero-order valence-electron chi connectivity index (χ0n) is 9.57. The first-order chi connectivity index (χ1) is 8.04. The van der Waals surface area contributed by atoms with Crippen molar-refractivity contribution in [3.05, 3.63) is 22.2 Å². The first-order valence-corrected chi connectivity index (χ1v) is 5.68. The van der Waals surface area contributed by atoms with Gasteiger partial charge in [0.2, 0.25) is 0 Å². The minimum Gasteiger partial charge on any atom is -0.496 e. The monoisotopic (exact) mass is 303 g/mol. The molecule has 0 radical (unpaired) electrons. The first-order valence-electron chi connectivity index (χ1n) is 4.89. The minimum atomic E-state index is -0.983. The number of ether oxygens (including phenoxy) is 2. The molecule has 5 nitrogen and oxygen atoms in total. The maximum Gasteiger partial charge on any atom is 0.312 e. The number of carboxylic acid groups (broad SMARTS) is 1. The Balaban J connectivity index is 3.31. The number of nitrogens with two attached hydrogens (primary N) is 1. The van der Waals surface area contributed by atoms with Gasteiger partial charge < -0.3 is 20.3 Å². The van der Waals surface area contributed by atoms with E-state index in [4.69, 9.17) is 20.3 Å². The van der Waals surface area contributed by atoms with E-state index in [-0.39, 0.29) is 6.54 Å². The van der Waals surface area contributed by atoms with Gasteiger partial charge in [0, 0.05) is 18.2 Å². The molecule has 0 aliphatic rings. The standard InChI is InChI=1S/C11H14BrNO4/c1-16-9-4-10(17-2)8(12)3-6(9)7(5-13)11(14)15/h3-4,7H,5,13H2,1-2H3,(H,14,15). The highest BCUT2D eigenvalue weighted by molar-refractivity contribution is 9.10. The number of carboxylic acids is 1. The van der Waals surface area contributed by atoms with Gasteiger partial charge in [-0.15, -0.1) is 0 Å². The summed E-state index contributed by atoms with van der Waals surface area (Å²) in [4.78, 5) is 11.1. The number of benzene rings is 1. The Labute approximate surface area is 108 Å². The lowest BCUT2D eigenvalue weighted by Crippen LogP contribution is -2.21. The Morgan fingerprint density at radius 1 is 1.41 bits per heavy atom. The van der Waals surface area contributed by atoms with Crippen molar-refractivity contribution in [1.29, 1.82) is 0 Å². The molecular weight excluding hydrogens is 290 g/mol. The molecule has 0 saturated carbocycles. The van der Waals surface area contributed by atoms with Crippen LogP contribution in [0.4, 0.5) is 0 Å². The van der Waals surface area contributed by atoms with E-state index in [2.05, 4.69) is 15.9 Å². The van der Waals surface area contributed by atoms with E-state index >= 15 is 0 Å². The van der Waals surface area contributed by atoms with Gasteiger partial charge in [-0.2, -0.15) is 0 Å². The summed E-state index contributed by atoms with van der Waals surface area (Å²) in [5.41, 5.74) is 5.99. The van der Waals surface area contributed by atoms with Crippen LogP contribution in [0.15, 0.2) is 16.6 Å². The van der Waals surface area contributed by atoms with E-state index in [1.807, 2.05) is 0 Å². The van der Waals surface area contributed by atoms with Crippen molar-refractivity contribution in [3.63, 3.8) is 0 Å². The second-order valence-corrected chi connectivity index (χ2v) is 4.21. The van der Waals surface area contributed by atoms with Crippen LogP contribution in [0, 0.1) is 0 Å².